The maximum Gasteiger partial charge on any atom is 0.325 e. The minimum absolute atomic E-state index is 0.199. The van der Waals surface area contributed by atoms with Crippen LogP contribution in [0.4, 0.5) is 5.69 Å². The van der Waals surface area contributed by atoms with Crippen molar-refractivity contribution < 1.29 is 24.4 Å². The molecule has 0 saturated carbocycles. The van der Waals surface area contributed by atoms with Crippen molar-refractivity contribution in [2.45, 2.75) is 13.0 Å². The van der Waals surface area contributed by atoms with E-state index < -0.39 is 28.7 Å². The third-order valence-electron chi connectivity index (χ3n) is 3.72. The molecule has 0 fully saturated rings. The van der Waals surface area contributed by atoms with Crippen LogP contribution in [0.15, 0.2) is 58.7 Å². The molecule has 0 aliphatic heterocycles. The van der Waals surface area contributed by atoms with E-state index in [-0.39, 0.29) is 22.5 Å². The third kappa shape index (κ3) is 5.98. The van der Waals surface area contributed by atoms with Gasteiger partial charge < -0.3 is 15.7 Å². The van der Waals surface area contributed by atoms with Crippen LogP contribution in [0.5, 0.6) is 0 Å². The molecule has 0 radical (unpaired) electrons. The molecule has 0 bridgehead atoms. The third-order valence-corrected chi connectivity index (χ3v) is 4.41. The number of nitrogens with zero attached hydrogens (tertiary/aromatic N) is 1. The molecule has 2 rings (SSSR count). The Hall–Kier alpha value is -3.53. The SMILES string of the molecule is C[C@@H](NC(=O)/C(=C/c1cccc([N+](=O)[O-])c1)NC(=O)c1ccccc1Br)C(=O)O. The number of nitro benzene ring substituents is 1. The number of carboxylic acid groups (broad SMARTS) is 1. The van der Waals surface area contributed by atoms with Crippen molar-refractivity contribution >= 4 is 45.5 Å². The van der Waals surface area contributed by atoms with Crippen LogP contribution in [-0.2, 0) is 9.59 Å². The van der Waals surface area contributed by atoms with E-state index in [0.717, 1.165) is 0 Å². The number of carbonyl (C=O) groups excluding carboxylic acids is 2. The fraction of sp³-hybridized carbons (Fsp3) is 0.105. The van der Waals surface area contributed by atoms with E-state index in [4.69, 9.17) is 5.11 Å². The highest BCUT2D eigenvalue weighted by atomic mass is 79.9. The molecule has 0 spiro atoms. The summed E-state index contributed by atoms with van der Waals surface area (Å²) < 4.78 is 0.492. The van der Waals surface area contributed by atoms with E-state index in [2.05, 4.69) is 26.6 Å². The lowest BCUT2D eigenvalue weighted by atomic mass is 10.1. The van der Waals surface area contributed by atoms with Crippen molar-refractivity contribution in [1.29, 1.82) is 0 Å². The number of benzene rings is 2. The van der Waals surface area contributed by atoms with E-state index in [0.29, 0.717) is 4.47 Å². The van der Waals surface area contributed by atoms with Gasteiger partial charge in [-0.2, -0.15) is 0 Å². The molecule has 150 valence electrons. The molecule has 0 aromatic heterocycles. The Morgan fingerprint density at radius 2 is 1.86 bits per heavy atom. The van der Waals surface area contributed by atoms with E-state index >= 15 is 0 Å². The average molecular weight is 462 g/mol. The van der Waals surface area contributed by atoms with Gasteiger partial charge in [0, 0.05) is 16.6 Å². The van der Waals surface area contributed by atoms with Crippen molar-refractivity contribution in [2.24, 2.45) is 0 Å². The Morgan fingerprint density at radius 3 is 2.48 bits per heavy atom. The summed E-state index contributed by atoms with van der Waals surface area (Å²) in [7, 11) is 0. The van der Waals surface area contributed by atoms with E-state index in [9.17, 15) is 24.5 Å². The summed E-state index contributed by atoms with van der Waals surface area (Å²) in [5.41, 5.74) is 0.0603. The van der Waals surface area contributed by atoms with Gasteiger partial charge in [-0.05, 0) is 46.6 Å². The molecule has 2 aromatic rings. The molecular weight excluding hydrogens is 446 g/mol. The number of amides is 2. The average Bonchev–Trinajstić information content (AvgIpc) is 2.67. The second kappa shape index (κ2) is 9.60. The Morgan fingerprint density at radius 1 is 1.17 bits per heavy atom. The fourth-order valence-electron chi connectivity index (χ4n) is 2.22. The molecule has 2 amide bonds. The Kier molecular flexibility index (Phi) is 7.21. The van der Waals surface area contributed by atoms with Gasteiger partial charge in [-0.15, -0.1) is 0 Å². The topological polar surface area (TPSA) is 139 Å². The summed E-state index contributed by atoms with van der Waals surface area (Å²) in [6, 6.07) is 10.7. The van der Waals surface area contributed by atoms with E-state index in [1.54, 1.807) is 18.2 Å². The molecule has 0 aliphatic carbocycles. The van der Waals surface area contributed by atoms with Gasteiger partial charge in [-0.1, -0.05) is 24.3 Å². The molecule has 2 aromatic carbocycles. The maximum absolute atomic E-state index is 12.6. The standard InChI is InChI=1S/C19H16BrN3O6/c1-11(19(26)27)21-18(25)16(10-12-5-4-6-13(9-12)23(28)29)22-17(24)14-7-2-3-8-15(14)20/h2-11H,1H3,(H,21,25)(H,22,24)(H,26,27)/b16-10-/t11-/m1/s1. The number of carboxylic acids is 1. The maximum atomic E-state index is 12.6. The molecule has 3 N–H and O–H groups in total. The Balaban J connectivity index is 2.40. The number of hydrogen-bond acceptors (Lipinski definition) is 5. The molecule has 29 heavy (non-hydrogen) atoms. The van der Waals surface area contributed by atoms with Crippen LogP contribution in [0.25, 0.3) is 6.08 Å². The van der Waals surface area contributed by atoms with Crippen LogP contribution < -0.4 is 10.6 Å². The van der Waals surface area contributed by atoms with Crippen LogP contribution in [0.1, 0.15) is 22.8 Å². The van der Waals surface area contributed by atoms with Crippen LogP contribution in [0.3, 0.4) is 0 Å². The van der Waals surface area contributed by atoms with Gasteiger partial charge in [-0.25, -0.2) is 0 Å². The van der Waals surface area contributed by atoms with Crippen molar-refractivity contribution in [1.82, 2.24) is 10.6 Å². The van der Waals surface area contributed by atoms with Crippen LogP contribution in [-0.4, -0.2) is 33.9 Å². The normalized spacial score (nSPS) is 12.0. The molecule has 10 heteroatoms. The highest BCUT2D eigenvalue weighted by molar-refractivity contribution is 9.10. The summed E-state index contributed by atoms with van der Waals surface area (Å²) in [5, 5.41) is 24.6. The van der Waals surface area contributed by atoms with Gasteiger partial charge in [0.1, 0.15) is 11.7 Å². The molecule has 0 heterocycles. The Labute approximate surface area is 173 Å². The number of hydrogen-bond donors (Lipinski definition) is 3. The number of nitro groups is 1. The van der Waals surface area contributed by atoms with Crippen LogP contribution >= 0.6 is 15.9 Å². The van der Waals surface area contributed by atoms with Crippen LogP contribution in [0, 0.1) is 10.1 Å². The summed E-state index contributed by atoms with van der Waals surface area (Å²) in [4.78, 5) is 46.5. The van der Waals surface area contributed by atoms with E-state index in [1.165, 1.54) is 43.3 Å². The van der Waals surface area contributed by atoms with E-state index in [1.807, 2.05) is 0 Å². The molecule has 1 atom stereocenters. The quantitative estimate of drug-likeness (QED) is 0.329. The number of carbonyl (C=O) groups is 3. The fourth-order valence-corrected chi connectivity index (χ4v) is 2.69. The summed E-state index contributed by atoms with van der Waals surface area (Å²) in [6.07, 6.45) is 1.23. The highest BCUT2D eigenvalue weighted by Crippen LogP contribution is 2.18. The van der Waals surface area contributed by atoms with Crippen LogP contribution in [0.2, 0.25) is 0 Å². The van der Waals surface area contributed by atoms with Crippen molar-refractivity contribution in [3.8, 4) is 0 Å². The van der Waals surface area contributed by atoms with Gasteiger partial charge in [0.05, 0.1) is 10.5 Å². The van der Waals surface area contributed by atoms with Gasteiger partial charge in [0.15, 0.2) is 0 Å². The Bertz CT molecular complexity index is 1000. The summed E-state index contributed by atoms with van der Waals surface area (Å²) in [6.45, 7) is 1.26. The lowest BCUT2D eigenvalue weighted by Gasteiger charge is -2.14. The first-order valence-electron chi connectivity index (χ1n) is 8.24. The smallest absolute Gasteiger partial charge is 0.325 e. The first kappa shape index (κ1) is 21.8. The predicted molar refractivity (Wildman–Crippen MR) is 108 cm³/mol. The number of non-ortho nitro benzene ring substituents is 1. The zero-order valence-electron chi connectivity index (χ0n) is 15.1. The molecule has 0 aliphatic rings. The second-order valence-corrected chi connectivity index (χ2v) is 6.73. The number of aliphatic carboxylic acids is 1. The predicted octanol–water partition coefficient (Wildman–Crippen LogP) is 2.72. The zero-order valence-corrected chi connectivity index (χ0v) is 16.7. The van der Waals surface area contributed by atoms with Crippen molar-refractivity contribution in [3.63, 3.8) is 0 Å². The van der Waals surface area contributed by atoms with Crippen molar-refractivity contribution in [3.05, 3.63) is 79.9 Å². The first-order chi connectivity index (χ1) is 13.7. The number of rotatable bonds is 7. The summed E-state index contributed by atoms with van der Waals surface area (Å²) >= 11 is 3.24. The van der Waals surface area contributed by atoms with Gasteiger partial charge in [-0.3, -0.25) is 24.5 Å². The zero-order chi connectivity index (χ0) is 21.6. The lowest BCUT2D eigenvalue weighted by Crippen LogP contribution is -2.42. The molecule has 0 saturated heterocycles. The molecule has 0 unspecified atom stereocenters. The molecule has 9 nitrogen and oxygen atoms in total. The minimum atomic E-state index is -1.26. The van der Waals surface area contributed by atoms with Crippen molar-refractivity contribution in [2.75, 3.05) is 0 Å². The number of halogens is 1. The largest absolute Gasteiger partial charge is 0.480 e. The van der Waals surface area contributed by atoms with Gasteiger partial charge in [0.2, 0.25) is 0 Å². The summed E-state index contributed by atoms with van der Waals surface area (Å²) in [5.74, 6) is -2.73. The first-order valence-corrected chi connectivity index (χ1v) is 9.04. The lowest BCUT2D eigenvalue weighted by molar-refractivity contribution is -0.384. The monoisotopic (exact) mass is 461 g/mol. The van der Waals surface area contributed by atoms with Gasteiger partial charge >= 0.3 is 5.97 Å². The molecular formula is C19H16BrN3O6. The minimum Gasteiger partial charge on any atom is -0.480 e. The highest BCUT2D eigenvalue weighted by Gasteiger charge is 2.20. The number of nitrogens with one attached hydrogen (secondary N) is 2. The van der Waals surface area contributed by atoms with Gasteiger partial charge in [0.25, 0.3) is 17.5 Å². The second-order valence-electron chi connectivity index (χ2n) is 5.88.